The summed E-state index contributed by atoms with van der Waals surface area (Å²) < 4.78 is 0. The third-order valence-electron chi connectivity index (χ3n) is 8.55. The molecule has 5 atom stereocenters. The van der Waals surface area contributed by atoms with Crippen LogP contribution in [0.3, 0.4) is 0 Å². The molecule has 1 fully saturated rings. The molecular weight excluding hydrogens is 400 g/mol. The molecule has 0 aliphatic carbocycles. The summed E-state index contributed by atoms with van der Waals surface area (Å²) in [5.41, 5.74) is -0.133. The lowest BCUT2D eigenvalue weighted by Crippen LogP contribution is -2.37. The van der Waals surface area contributed by atoms with Gasteiger partial charge in [0, 0.05) is 17.3 Å². The average molecular weight is 453 g/mol. The van der Waals surface area contributed by atoms with Crippen molar-refractivity contribution in [3.8, 4) is 0 Å². The van der Waals surface area contributed by atoms with Gasteiger partial charge in [0.05, 0.1) is 5.92 Å². The first kappa shape index (κ1) is 29.3. The van der Waals surface area contributed by atoms with E-state index in [-0.39, 0.29) is 34.4 Å². The molecule has 188 valence electrons. The van der Waals surface area contributed by atoms with E-state index in [0.29, 0.717) is 18.1 Å². The molecule has 1 heterocycles. The van der Waals surface area contributed by atoms with E-state index in [0.717, 1.165) is 57.8 Å². The van der Waals surface area contributed by atoms with Crippen LogP contribution in [0.2, 0.25) is 0 Å². The fourth-order valence-corrected chi connectivity index (χ4v) is 4.48. The van der Waals surface area contributed by atoms with Gasteiger partial charge in [-0.25, -0.2) is 0 Å². The molecule has 4 nitrogen and oxygen atoms in total. The average Bonchev–Trinajstić information content (AvgIpc) is 3.62. The number of ketones is 2. The van der Waals surface area contributed by atoms with Crippen molar-refractivity contribution in [2.75, 3.05) is 0 Å². The molecule has 0 aromatic heterocycles. The number of Topliss-reactive ketones (excluding diaryl/α,β-unsaturated/α-hetero) is 2. The minimum absolute atomic E-state index is 0.0298. The van der Waals surface area contributed by atoms with E-state index in [1.165, 1.54) is 0 Å². The second-order valence-electron chi connectivity index (χ2n) is 11.5. The van der Waals surface area contributed by atoms with Gasteiger partial charge in [-0.1, -0.05) is 81.6 Å². The van der Waals surface area contributed by atoms with Gasteiger partial charge >= 0.3 is 0 Å². The largest absolute Gasteiger partial charge is 0.299 e. The number of rotatable bonds is 18. The summed E-state index contributed by atoms with van der Waals surface area (Å²) in [6.07, 6.45) is 8.94. The Bertz CT molecular complexity index is 580. The van der Waals surface area contributed by atoms with Crippen molar-refractivity contribution in [1.82, 2.24) is 0 Å². The molecule has 1 aliphatic heterocycles. The Morgan fingerprint density at radius 1 is 0.812 bits per heavy atom. The maximum atomic E-state index is 13.6. The molecule has 0 saturated carbocycles. The summed E-state index contributed by atoms with van der Waals surface area (Å²) in [7, 11) is 0. The summed E-state index contributed by atoms with van der Waals surface area (Å²) in [6.45, 7) is 19.6. The van der Waals surface area contributed by atoms with Crippen LogP contribution < -0.4 is 0 Å². The van der Waals surface area contributed by atoms with Gasteiger partial charge in [-0.05, 0) is 56.3 Å². The minimum atomic E-state index is -0.428. The topological polar surface area (TPSA) is 59.2 Å². The second-order valence-corrected chi connectivity index (χ2v) is 11.5. The molecule has 1 saturated heterocycles. The highest BCUT2D eigenvalue weighted by Crippen LogP contribution is 2.41. The van der Waals surface area contributed by atoms with Crippen molar-refractivity contribution in [3.63, 3.8) is 0 Å². The van der Waals surface area contributed by atoms with Crippen LogP contribution >= 0.6 is 0 Å². The zero-order valence-corrected chi connectivity index (χ0v) is 22.6. The third-order valence-corrected chi connectivity index (χ3v) is 8.55. The summed E-state index contributed by atoms with van der Waals surface area (Å²) >= 11 is 0. The van der Waals surface area contributed by atoms with Gasteiger partial charge in [-0.15, -0.1) is 0 Å². The molecule has 32 heavy (non-hydrogen) atoms. The first-order chi connectivity index (χ1) is 14.9. The summed E-state index contributed by atoms with van der Waals surface area (Å²) in [4.78, 5) is 37.0. The molecule has 0 amide bonds. The summed E-state index contributed by atoms with van der Waals surface area (Å²) in [5, 5.41) is 0. The van der Waals surface area contributed by atoms with Gasteiger partial charge in [0.25, 0.3) is 0 Å². The quantitative estimate of drug-likeness (QED) is 0.156. The first-order valence-electron chi connectivity index (χ1n) is 13.3. The molecule has 0 aromatic carbocycles. The van der Waals surface area contributed by atoms with Crippen molar-refractivity contribution >= 4 is 11.6 Å². The molecular formula is C28H52O4. The zero-order valence-electron chi connectivity index (χ0n) is 22.6. The lowest BCUT2D eigenvalue weighted by Gasteiger charge is -2.34. The number of hydrogen-bond donors (Lipinski definition) is 0. The fraction of sp³-hybridized carbons (Fsp3) is 0.929. The third kappa shape index (κ3) is 8.89. The predicted octanol–water partition coefficient (Wildman–Crippen LogP) is 7.93. The Morgan fingerprint density at radius 2 is 1.44 bits per heavy atom. The van der Waals surface area contributed by atoms with Crippen LogP contribution in [-0.4, -0.2) is 17.9 Å². The van der Waals surface area contributed by atoms with Gasteiger partial charge in [0.1, 0.15) is 11.6 Å². The summed E-state index contributed by atoms with van der Waals surface area (Å²) in [6, 6.07) is 0. The van der Waals surface area contributed by atoms with Crippen molar-refractivity contribution in [2.24, 2.45) is 34.5 Å². The smallest absolute Gasteiger partial charge is 0.234 e. The Balaban J connectivity index is 2.75. The minimum Gasteiger partial charge on any atom is -0.299 e. The van der Waals surface area contributed by atoms with Crippen molar-refractivity contribution in [1.29, 1.82) is 0 Å². The highest BCUT2D eigenvalue weighted by atomic mass is 17.4. The molecule has 0 radical (unpaired) electrons. The van der Waals surface area contributed by atoms with E-state index in [9.17, 15) is 9.59 Å². The molecule has 0 N–H and O–H groups in total. The van der Waals surface area contributed by atoms with Gasteiger partial charge in [0.15, 0.2) is 0 Å². The molecule has 0 bridgehead atoms. The van der Waals surface area contributed by atoms with Gasteiger partial charge in [-0.3, -0.25) is 9.59 Å². The highest BCUT2D eigenvalue weighted by molar-refractivity contribution is 5.87. The van der Waals surface area contributed by atoms with Gasteiger partial charge < -0.3 is 0 Å². The van der Waals surface area contributed by atoms with Gasteiger partial charge in [-0.2, -0.15) is 9.78 Å². The van der Waals surface area contributed by atoms with Crippen LogP contribution in [-0.2, 0) is 19.4 Å². The van der Waals surface area contributed by atoms with E-state index in [2.05, 4.69) is 55.4 Å². The molecule has 4 heteroatoms. The van der Waals surface area contributed by atoms with Crippen LogP contribution in [0.5, 0.6) is 0 Å². The molecule has 0 aromatic rings. The van der Waals surface area contributed by atoms with Crippen LogP contribution in [0.15, 0.2) is 0 Å². The normalized spacial score (nSPS) is 20.3. The van der Waals surface area contributed by atoms with Crippen LogP contribution in [0.4, 0.5) is 0 Å². The first-order valence-corrected chi connectivity index (χ1v) is 13.3. The molecule has 1 rings (SSSR count). The second kappa shape index (κ2) is 13.2. The lowest BCUT2D eigenvalue weighted by atomic mass is 9.69. The van der Waals surface area contributed by atoms with Crippen LogP contribution in [0.1, 0.15) is 127 Å². The number of hydrogen-bond acceptors (Lipinski definition) is 4. The van der Waals surface area contributed by atoms with E-state index < -0.39 is 6.29 Å². The van der Waals surface area contributed by atoms with E-state index in [1.54, 1.807) is 0 Å². The van der Waals surface area contributed by atoms with Crippen LogP contribution in [0, 0.1) is 34.5 Å². The summed E-state index contributed by atoms with van der Waals surface area (Å²) in [5.74, 6) is 1.11. The lowest BCUT2D eigenvalue weighted by molar-refractivity contribution is -0.135. The SMILES string of the molecule is CCC(C)CCC(CC)C(=O)C(C)CCC(C(=O)C(C)(CC)CCC(C)(C)CC)C1OO1. The Labute approximate surface area is 198 Å². The maximum absolute atomic E-state index is 13.6. The molecule has 0 spiro atoms. The monoisotopic (exact) mass is 452 g/mol. The molecule has 1 aliphatic rings. The number of carbonyl (C=O) groups is 2. The Kier molecular flexibility index (Phi) is 12.1. The van der Waals surface area contributed by atoms with Crippen molar-refractivity contribution < 1.29 is 19.4 Å². The van der Waals surface area contributed by atoms with Gasteiger partial charge in [0.2, 0.25) is 6.29 Å². The maximum Gasteiger partial charge on any atom is 0.234 e. The van der Waals surface area contributed by atoms with E-state index in [4.69, 9.17) is 9.78 Å². The Hall–Kier alpha value is -0.740. The number of carbonyl (C=O) groups excluding carboxylic acids is 2. The van der Waals surface area contributed by atoms with Crippen molar-refractivity contribution in [2.45, 2.75) is 133 Å². The van der Waals surface area contributed by atoms with E-state index >= 15 is 0 Å². The predicted molar refractivity (Wildman–Crippen MR) is 132 cm³/mol. The highest BCUT2D eigenvalue weighted by Gasteiger charge is 2.47. The van der Waals surface area contributed by atoms with Crippen LogP contribution in [0.25, 0.3) is 0 Å². The zero-order chi connectivity index (χ0) is 24.5. The fourth-order valence-electron chi connectivity index (χ4n) is 4.48. The molecule has 5 unspecified atom stereocenters. The Morgan fingerprint density at radius 3 is 1.91 bits per heavy atom. The standard InChI is InChI=1S/C28H52O4/c1-10-20(5)14-16-22(11-2)24(29)21(6)15-17-23(26-31-32-26)25(30)28(9,13-4)19-18-27(7,8)12-3/h20-23,26H,10-19H2,1-9H3. The van der Waals surface area contributed by atoms with E-state index in [1.807, 2.05) is 6.92 Å². The van der Waals surface area contributed by atoms with Crippen molar-refractivity contribution in [3.05, 3.63) is 0 Å².